The number of rotatable bonds is 11. The molecule has 3 aromatic heterocycles. The van der Waals surface area contributed by atoms with Crippen LogP contribution in [-0.4, -0.2) is 29.8 Å². The van der Waals surface area contributed by atoms with Gasteiger partial charge in [0.1, 0.15) is 5.82 Å². The van der Waals surface area contributed by atoms with Crippen LogP contribution in [0.15, 0.2) is 91.4 Å². The Hall–Kier alpha value is -5.59. The maximum Gasteiger partial charge on any atom is 0.439 e. The highest BCUT2D eigenvalue weighted by atomic mass is 19.4. The van der Waals surface area contributed by atoms with Crippen molar-refractivity contribution in [3.8, 4) is 22.5 Å². The van der Waals surface area contributed by atoms with Crippen LogP contribution in [0.5, 0.6) is 0 Å². The van der Waals surface area contributed by atoms with Gasteiger partial charge < -0.3 is 4.52 Å². The van der Waals surface area contributed by atoms with Gasteiger partial charge in [-0.15, -0.1) is 0 Å². The third-order valence-electron chi connectivity index (χ3n) is 8.04. The molecule has 3 aromatic carbocycles. The molecule has 0 amide bonds. The van der Waals surface area contributed by atoms with Crippen molar-refractivity contribution >= 4 is 0 Å². The van der Waals surface area contributed by atoms with Gasteiger partial charge in [-0.1, -0.05) is 90.4 Å². The van der Waals surface area contributed by atoms with E-state index in [0.29, 0.717) is 34.9 Å². The predicted molar refractivity (Wildman–Crippen MR) is 170 cm³/mol. The highest BCUT2D eigenvalue weighted by Crippen LogP contribution is 2.33. The number of nitrogens with zero attached hydrogens (tertiary/aromatic N) is 5. The van der Waals surface area contributed by atoms with Gasteiger partial charge in [-0.05, 0) is 41.7 Å². The van der Waals surface area contributed by atoms with E-state index < -0.39 is 17.5 Å². The Labute approximate surface area is 272 Å². The van der Waals surface area contributed by atoms with Crippen molar-refractivity contribution in [2.24, 2.45) is 0 Å². The largest absolute Gasteiger partial charge is 0.439 e. The van der Waals surface area contributed by atoms with Crippen LogP contribution in [-0.2, 0) is 32.0 Å². The molecular formula is C35H31F3N6O4. The number of H-pyrrole nitrogens is 1. The molecule has 6 rings (SSSR count). The lowest BCUT2D eigenvalue weighted by molar-refractivity contribution is -0.138. The summed E-state index contributed by atoms with van der Waals surface area (Å²) in [5.74, 6) is 0.536. The highest BCUT2D eigenvalue weighted by molar-refractivity contribution is 5.80. The molecule has 0 aliphatic heterocycles. The number of aromatic amines is 1. The molecule has 0 radical (unpaired) electrons. The average Bonchev–Trinajstić information content (AvgIpc) is 3.72. The second-order valence-electron chi connectivity index (χ2n) is 11.4. The molecule has 6 aromatic rings. The van der Waals surface area contributed by atoms with Crippen molar-refractivity contribution < 1.29 is 22.2 Å². The van der Waals surface area contributed by atoms with Crippen molar-refractivity contribution in [2.75, 3.05) is 0 Å². The summed E-state index contributed by atoms with van der Waals surface area (Å²) in [4.78, 5) is 37.2. The van der Waals surface area contributed by atoms with Crippen LogP contribution in [0.3, 0.4) is 0 Å². The van der Waals surface area contributed by atoms with Crippen molar-refractivity contribution in [1.82, 2.24) is 29.8 Å². The lowest BCUT2D eigenvalue weighted by atomic mass is 9.98. The van der Waals surface area contributed by atoms with Crippen LogP contribution >= 0.6 is 0 Å². The summed E-state index contributed by atoms with van der Waals surface area (Å²) in [7, 11) is 0. The molecule has 0 atom stereocenters. The topological polar surface area (TPSA) is 133 Å². The Morgan fingerprint density at radius 1 is 0.854 bits per heavy atom. The Bertz CT molecular complexity index is 2160. The fraction of sp³-hybridized carbons (Fsp3) is 0.257. The smallest absolute Gasteiger partial charge is 0.339 e. The van der Waals surface area contributed by atoms with Crippen molar-refractivity contribution in [3.63, 3.8) is 0 Å². The summed E-state index contributed by atoms with van der Waals surface area (Å²) < 4.78 is 52.2. The van der Waals surface area contributed by atoms with E-state index >= 15 is 0 Å². The molecule has 0 spiro atoms. The van der Waals surface area contributed by atoms with E-state index in [2.05, 4.69) is 27.2 Å². The number of alkyl halides is 3. The minimum Gasteiger partial charge on any atom is -0.339 e. The number of nitrogens with one attached hydrogen (secondary N) is 1. The van der Waals surface area contributed by atoms with Gasteiger partial charge in [0, 0.05) is 29.7 Å². The van der Waals surface area contributed by atoms with E-state index in [-0.39, 0.29) is 42.2 Å². The molecule has 246 valence electrons. The second-order valence-corrected chi connectivity index (χ2v) is 11.4. The van der Waals surface area contributed by atoms with Gasteiger partial charge in [-0.25, -0.2) is 9.78 Å². The summed E-state index contributed by atoms with van der Waals surface area (Å²) in [5.41, 5.74) is 3.21. The van der Waals surface area contributed by atoms with E-state index in [1.165, 1.54) is 18.2 Å². The van der Waals surface area contributed by atoms with E-state index in [0.717, 1.165) is 35.6 Å². The van der Waals surface area contributed by atoms with Gasteiger partial charge in [0.05, 0.1) is 18.5 Å². The second kappa shape index (κ2) is 13.6. The number of halogens is 3. The van der Waals surface area contributed by atoms with E-state index in [4.69, 9.17) is 14.0 Å². The maximum atomic E-state index is 14.0. The molecule has 3 heterocycles. The van der Waals surface area contributed by atoms with Gasteiger partial charge in [0.25, 0.3) is 5.56 Å². The summed E-state index contributed by atoms with van der Waals surface area (Å²) in [6.45, 7) is 4.08. The highest BCUT2D eigenvalue weighted by Gasteiger charge is 2.33. The molecule has 0 fully saturated rings. The van der Waals surface area contributed by atoms with Crippen molar-refractivity contribution in [2.45, 2.75) is 58.7 Å². The number of hydrogen-bond acceptors (Lipinski definition) is 8. The Morgan fingerprint density at radius 3 is 2.29 bits per heavy atom. The number of unbranched alkanes of at least 4 members (excludes halogenated alkanes) is 1. The first-order chi connectivity index (χ1) is 23.1. The molecule has 10 nitrogen and oxygen atoms in total. The molecular weight excluding hydrogens is 625 g/mol. The third-order valence-corrected chi connectivity index (χ3v) is 8.04. The summed E-state index contributed by atoms with van der Waals surface area (Å²) in [6.07, 6.45) is -2.33. The van der Waals surface area contributed by atoms with Crippen LogP contribution in [0.2, 0.25) is 0 Å². The molecule has 13 heteroatoms. The zero-order valence-corrected chi connectivity index (χ0v) is 26.2. The first-order valence-electron chi connectivity index (χ1n) is 15.4. The van der Waals surface area contributed by atoms with E-state index in [1.807, 2.05) is 48.5 Å². The van der Waals surface area contributed by atoms with Crippen LogP contribution in [0.25, 0.3) is 22.5 Å². The molecule has 1 N–H and O–H groups in total. The van der Waals surface area contributed by atoms with Gasteiger partial charge >= 0.3 is 11.9 Å². The minimum absolute atomic E-state index is 0.0144. The molecule has 0 saturated heterocycles. The quantitative estimate of drug-likeness (QED) is 0.166. The lowest BCUT2D eigenvalue weighted by Crippen LogP contribution is -2.30. The average molecular weight is 657 g/mol. The zero-order valence-electron chi connectivity index (χ0n) is 26.2. The first-order valence-corrected chi connectivity index (χ1v) is 15.4. The number of hydrogen-bond donors (Lipinski definition) is 1. The van der Waals surface area contributed by atoms with Crippen molar-refractivity contribution in [1.29, 1.82) is 0 Å². The Kier molecular flexibility index (Phi) is 9.19. The summed E-state index contributed by atoms with van der Waals surface area (Å²) in [6, 6.07) is 20.5. The Balaban J connectivity index is 1.27. The predicted octanol–water partition coefficient (Wildman–Crippen LogP) is 6.54. The molecule has 0 saturated carbocycles. The molecule has 0 bridgehead atoms. The van der Waals surface area contributed by atoms with Crippen LogP contribution < -0.4 is 11.3 Å². The summed E-state index contributed by atoms with van der Waals surface area (Å²) in [5, 5.41) is 7.71. The first kappa shape index (κ1) is 32.4. The maximum absolute atomic E-state index is 14.0. The van der Waals surface area contributed by atoms with E-state index in [1.54, 1.807) is 11.5 Å². The monoisotopic (exact) mass is 656 g/mol. The SMILES string of the molecule is CCCCc1nc(C)c(Cc2nc(Cc3ccccc3C(F)(F)F)no2)c(=O)n1Cc1ccc(-c2ccccc2-c2noc(=O)[nH]2)cc1. The fourth-order valence-corrected chi connectivity index (χ4v) is 5.61. The van der Waals surface area contributed by atoms with Gasteiger partial charge in [0.2, 0.25) is 5.89 Å². The van der Waals surface area contributed by atoms with Crippen LogP contribution in [0, 0.1) is 6.92 Å². The minimum atomic E-state index is -4.51. The third kappa shape index (κ3) is 7.04. The zero-order chi connectivity index (χ0) is 33.8. The number of aryl methyl sites for hydroxylation is 2. The van der Waals surface area contributed by atoms with Crippen LogP contribution in [0.1, 0.15) is 65.3 Å². The molecule has 48 heavy (non-hydrogen) atoms. The van der Waals surface area contributed by atoms with Gasteiger partial charge in [-0.2, -0.15) is 18.2 Å². The molecule has 0 aliphatic rings. The lowest BCUT2D eigenvalue weighted by Gasteiger charge is -2.16. The van der Waals surface area contributed by atoms with Gasteiger partial charge in [0.15, 0.2) is 11.6 Å². The van der Waals surface area contributed by atoms with Gasteiger partial charge in [-0.3, -0.25) is 18.9 Å². The Morgan fingerprint density at radius 2 is 1.58 bits per heavy atom. The van der Waals surface area contributed by atoms with E-state index in [9.17, 15) is 22.8 Å². The normalized spacial score (nSPS) is 11.7. The summed E-state index contributed by atoms with van der Waals surface area (Å²) >= 11 is 0. The van der Waals surface area contributed by atoms with Crippen molar-refractivity contribution in [3.05, 3.63) is 139 Å². The van der Waals surface area contributed by atoms with Crippen LogP contribution in [0.4, 0.5) is 13.2 Å². The molecule has 0 aliphatic carbocycles. The number of benzene rings is 3. The fourth-order valence-electron chi connectivity index (χ4n) is 5.61. The molecule has 0 unspecified atom stereocenters. The standard InChI is InChI=1S/C35H31F3N6O4/c1-3-4-13-30-39-21(2)27(19-31-40-29(42-47-31)18-24-9-5-8-12-28(24)35(36,37)38)33(45)44(30)20-22-14-16-23(17-15-22)25-10-6-7-11-26(25)32-41-34(46)48-43-32/h5-12,14-17H,3-4,13,18-20H2,1-2H3,(H,41,43,46). The number of aromatic nitrogens is 6.